The molecule has 0 saturated carbocycles. The second kappa shape index (κ2) is 4.99. The van der Waals surface area contributed by atoms with Gasteiger partial charge in [-0.15, -0.1) is 11.3 Å². The number of hydrogen-bond donors (Lipinski definition) is 1. The number of hydrogen-bond acceptors (Lipinski definition) is 6. The fourth-order valence-corrected chi connectivity index (χ4v) is 1.70. The Morgan fingerprint density at radius 2 is 2.47 bits per heavy atom. The van der Waals surface area contributed by atoms with Crippen molar-refractivity contribution in [1.82, 2.24) is 20.4 Å². The first-order valence-corrected chi connectivity index (χ1v) is 5.70. The van der Waals surface area contributed by atoms with Crippen LogP contribution in [0.3, 0.4) is 0 Å². The molecule has 0 aliphatic rings. The van der Waals surface area contributed by atoms with E-state index in [-0.39, 0.29) is 0 Å². The van der Waals surface area contributed by atoms with Crippen LogP contribution in [-0.4, -0.2) is 28.2 Å². The minimum absolute atomic E-state index is 0.629. The van der Waals surface area contributed by atoms with Crippen molar-refractivity contribution in [3.8, 4) is 10.7 Å². The van der Waals surface area contributed by atoms with E-state index in [1.54, 1.807) is 11.7 Å². The van der Waals surface area contributed by atoms with Crippen LogP contribution in [0.25, 0.3) is 10.7 Å². The topological polar surface area (TPSA) is 63.8 Å². The van der Waals surface area contributed by atoms with Crippen LogP contribution >= 0.6 is 11.3 Å². The average Bonchev–Trinajstić information content (AvgIpc) is 2.87. The summed E-state index contributed by atoms with van der Waals surface area (Å²) in [5.41, 5.74) is 1.75. The third-order valence-electron chi connectivity index (χ3n) is 1.89. The molecule has 2 aromatic heterocycles. The molecule has 0 aliphatic heterocycles. The third-order valence-corrected chi connectivity index (χ3v) is 2.66. The van der Waals surface area contributed by atoms with E-state index in [4.69, 9.17) is 4.52 Å². The molecule has 0 spiro atoms. The van der Waals surface area contributed by atoms with E-state index in [2.05, 4.69) is 27.4 Å². The van der Waals surface area contributed by atoms with Crippen LogP contribution in [0.15, 0.2) is 16.2 Å². The highest BCUT2D eigenvalue weighted by Crippen LogP contribution is 2.19. The largest absolute Gasteiger partial charge is 0.339 e. The zero-order valence-corrected chi connectivity index (χ0v) is 9.25. The fourth-order valence-electron chi connectivity index (χ4n) is 1.15. The maximum atomic E-state index is 5.11. The van der Waals surface area contributed by atoms with Crippen LogP contribution in [0, 0.1) is 0 Å². The molecule has 0 unspecified atom stereocenters. The Morgan fingerprint density at radius 1 is 1.53 bits per heavy atom. The molecule has 5 nitrogen and oxygen atoms in total. The van der Waals surface area contributed by atoms with Crippen molar-refractivity contribution < 1.29 is 4.52 Å². The molecule has 80 valence electrons. The lowest BCUT2D eigenvalue weighted by Crippen LogP contribution is -2.16. The number of rotatable bonds is 5. The van der Waals surface area contributed by atoms with Gasteiger partial charge in [0.1, 0.15) is 0 Å². The van der Waals surface area contributed by atoms with Gasteiger partial charge in [0, 0.05) is 19.2 Å². The molecule has 0 radical (unpaired) electrons. The van der Waals surface area contributed by atoms with Crippen LogP contribution in [-0.2, 0) is 6.42 Å². The Labute approximate surface area is 91.5 Å². The van der Waals surface area contributed by atoms with Gasteiger partial charge in [0.05, 0.1) is 10.4 Å². The molecule has 2 heterocycles. The van der Waals surface area contributed by atoms with E-state index in [0.29, 0.717) is 11.7 Å². The Balaban J connectivity index is 1.98. The average molecular weight is 224 g/mol. The normalized spacial score (nSPS) is 10.7. The molecule has 0 amide bonds. The summed E-state index contributed by atoms with van der Waals surface area (Å²) in [5.74, 6) is 1.29. The smallest absolute Gasteiger partial charge is 0.228 e. The van der Waals surface area contributed by atoms with Gasteiger partial charge in [0.15, 0.2) is 0 Å². The van der Waals surface area contributed by atoms with Crippen LogP contribution in [0.1, 0.15) is 12.8 Å². The summed E-state index contributed by atoms with van der Waals surface area (Å²) in [4.78, 5) is 9.18. The van der Waals surface area contributed by atoms with Gasteiger partial charge in [-0.2, -0.15) is 4.98 Å². The van der Waals surface area contributed by atoms with Crippen molar-refractivity contribution in [3.05, 3.63) is 17.6 Å². The molecule has 1 N–H and O–H groups in total. The van der Waals surface area contributed by atoms with Crippen molar-refractivity contribution in [1.29, 1.82) is 0 Å². The quantitative estimate of drug-likeness (QED) is 0.776. The summed E-state index contributed by atoms with van der Waals surface area (Å²) in [5, 5.41) is 7.10. The van der Waals surface area contributed by atoms with Crippen molar-refractivity contribution >= 4 is 11.3 Å². The van der Waals surface area contributed by atoms with Gasteiger partial charge < -0.3 is 9.84 Å². The van der Waals surface area contributed by atoms with Crippen molar-refractivity contribution in [2.75, 3.05) is 13.1 Å². The number of aromatic nitrogens is 3. The van der Waals surface area contributed by atoms with Crippen molar-refractivity contribution in [2.24, 2.45) is 0 Å². The highest BCUT2D eigenvalue weighted by atomic mass is 32.1. The zero-order valence-electron chi connectivity index (χ0n) is 8.43. The van der Waals surface area contributed by atoms with Gasteiger partial charge >= 0.3 is 0 Å². The molecule has 0 aromatic carbocycles. The number of nitrogens with one attached hydrogen (secondary N) is 1. The first-order valence-electron chi connectivity index (χ1n) is 4.82. The SMILES string of the molecule is CCNCCc1nc(-c2cncs2)no1. The number of thiazole rings is 1. The summed E-state index contributed by atoms with van der Waals surface area (Å²) < 4.78 is 5.11. The zero-order chi connectivity index (χ0) is 10.5. The van der Waals surface area contributed by atoms with E-state index < -0.39 is 0 Å². The lowest BCUT2D eigenvalue weighted by molar-refractivity contribution is 0.377. The Hall–Kier alpha value is -1.27. The third kappa shape index (κ3) is 2.60. The fraction of sp³-hybridized carbons (Fsp3) is 0.444. The standard InChI is InChI=1S/C9H12N4OS/c1-2-10-4-3-8-12-9(13-14-8)7-5-11-6-15-7/h5-6,10H,2-4H2,1H3. The molecule has 0 atom stereocenters. The Kier molecular flexibility index (Phi) is 3.41. The summed E-state index contributed by atoms with van der Waals surface area (Å²) >= 11 is 1.51. The molecular formula is C9H12N4OS. The summed E-state index contributed by atoms with van der Waals surface area (Å²) in [6, 6.07) is 0. The molecule has 0 bridgehead atoms. The second-order valence-electron chi connectivity index (χ2n) is 2.98. The minimum Gasteiger partial charge on any atom is -0.339 e. The van der Waals surface area contributed by atoms with Gasteiger partial charge in [0.25, 0.3) is 0 Å². The number of likely N-dealkylation sites (N-methyl/N-ethyl adjacent to an activating group) is 1. The van der Waals surface area contributed by atoms with Gasteiger partial charge in [-0.25, -0.2) is 0 Å². The van der Waals surface area contributed by atoms with E-state index in [9.17, 15) is 0 Å². The predicted octanol–water partition coefficient (Wildman–Crippen LogP) is 1.35. The highest BCUT2D eigenvalue weighted by molar-refractivity contribution is 7.13. The molecule has 2 rings (SSSR count). The summed E-state index contributed by atoms with van der Waals surface area (Å²) in [7, 11) is 0. The highest BCUT2D eigenvalue weighted by Gasteiger charge is 2.08. The van der Waals surface area contributed by atoms with Gasteiger partial charge in [-0.1, -0.05) is 12.1 Å². The van der Waals surface area contributed by atoms with Crippen molar-refractivity contribution in [2.45, 2.75) is 13.3 Å². The molecule has 6 heteroatoms. The minimum atomic E-state index is 0.629. The van der Waals surface area contributed by atoms with Crippen LogP contribution in [0.2, 0.25) is 0 Å². The van der Waals surface area contributed by atoms with Gasteiger partial charge in [-0.3, -0.25) is 4.98 Å². The molecule has 15 heavy (non-hydrogen) atoms. The predicted molar refractivity (Wildman–Crippen MR) is 57.7 cm³/mol. The summed E-state index contributed by atoms with van der Waals surface area (Å²) in [6.07, 6.45) is 2.50. The lowest BCUT2D eigenvalue weighted by Gasteiger charge is -1.94. The molecule has 0 aliphatic carbocycles. The maximum Gasteiger partial charge on any atom is 0.228 e. The number of nitrogens with zero attached hydrogens (tertiary/aromatic N) is 3. The van der Waals surface area contributed by atoms with Crippen molar-refractivity contribution in [3.63, 3.8) is 0 Å². The first-order chi connectivity index (χ1) is 7.40. The lowest BCUT2D eigenvalue weighted by atomic mass is 10.4. The molecule has 0 fully saturated rings. The molecule has 0 saturated heterocycles. The van der Waals surface area contributed by atoms with Crippen LogP contribution in [0.5, 0.6) is 0 Å². The van der Waals surface area contributed by atoms with Gasteiger partial charge in [0.2, 0.25) is 11.7 Å². The second-order valence-corrected chi connectivity index (χ2v) is 3.87. The van der Waals surface area contributed by atoms with E-state index in [0.717, 1.165) is 24.4 Å². The van der Waals surface area contributed by atoms with Crippen LogP contribution < -0.4 is 5.32 Å². The first kappa shape index (κ1) is 10.3. The van der Waals surface area contributed by atoms with Crippen LogP contribution in [0.4, 0.5) is 0 Å². The maximum absolute atomic E-state index is 5.11. The monoisotopic (exact) mass is 224 g/mol. The van der Waals surface area contributed by atoms with E-state index >= 15 is 0 Å². The van der Waals surface area contributed by atoms with E-state index in [1.165, 1.54) is 11.3 Å². The molecular weight excluding hydrogens is 212 g/mol. The Morgan fingerprint density at radius 3 is 3.20 bits per heavy atom. The molecule has 2 aromatic rings. The van der Waals surface area contributed by atoms with Gasteiger partial charge in [-0.05, 0) is 6.54 Å². The Bertz CT molecular complexity index is 398. The summed E-state index contributed by atoms with van der Waals surface area (Å²) in [6.45, 7) is 3.88. The van der Waals surface area contributed by atoms with E-state index in [1.807, 2.05) is 0 Å².